The normalized spacial score (nSPS) is 10.8. The topological polar surface area (TPSA) is 43.1 Å². The molecule has 0 saturated carbocycles. The molecular formula is C13H6F5NO2. The summed E-state index contributed by atoms with van der Waals surface area (Å²) in [6, 6.07) is 3.20. The zero-order valence-corrected chi connectivity index (χ0v) is 10.4. The molecule has 0 aliphatic heterocycles. The highest BCUT2D eigenvalue weighted by Crippen LogP contribution is 2.37. The van der Waals surface area contributed by atoms with E-state index in [1.54, 1.807) is 0 Å². The third-order valence-electron chi connectivity index (χ3n) is 2.83. The minimum absolute atomic E-state index is 0.361. The molecule has 0 unspecified atom stereocenters. The summed E-state index contributed by atoms with van der Waals surface area (Å²) in [7, 11) is 0. The summed E-state index contributed by atoms with van der Waals surface area (Å²) in [5.74, 6) is -10.8. The average Bonchev–Trinajstić information content (AvgIpc) is 2.43. The number of nitro benzene ring substituents is 1. The lowest BCUT2D eigenvalue weighted by atomic mass is 9.99. The van der Waals surface area contributed by atoms with Crippen molar-refractivity contribution in [2.75, 3.05) is 0 Å². The molecule has 0 heterocycles. The first-order chi connectivity index (χ1) is 9.75. The lowest BCUT2D eigenvalue weighted by Crippen LogP contribution is -2.05. The largest absolute Gasteiger partial charge is 0.277 e. The van der Waals surface area contributed by atoms with Gasteiger partial charge in [0, 0.05) is 6.07 Å². The SMILES string of the molecule is Cc1ccc([N+](=O)[O-])c(-c2c(F)c(F)c(F)c(F)c2F)c1. The van der Waals surface area contributed by atoms with Gasteiger partial charge < -0.3 is 0 Å². The van der Waals surface area contributed by atoms with Gasteiger partial charge in [0.25, 0.3) is 5.69 Å². The minimum atomic E-state index is -2.32. The van der Waals surface area contributed by atoms with Crippen molar-refractivity contribution in [2.45, 2.75) is 6.92 Å². The van der Waals surface area contributed by atoms with E-state index < -0.39 is 50.8 Å². The fraction of sp³-hybridized carbons (Fsp3) is 0.0769. The van der Waals surface area contributed by atoms with E-state index in [0.29, 0.717) is 5.56 Å². The van der Waals surface area contributed by atoms with Crippen LogP contribution in [-0.2, 0) is 0 Å². The van der Waals surface area contributed by atoms with Crippen LogP contribution in [0, 0.1) is 46.1 Å². The van der Waals surface area contributed by atoms with Crippen LogP contribution < -0.4 is 0 Å². The van der Waals surface area contributed by atoms with Crippen molar-refractivity contribution in [3.05, 3.63) is 63.0 Å². The zero-order chi connectivity index (χ0) is 15.9. The molecule has 3 nitrogen and oxygen atoms in total. The Kier molecular flexibility index (Phi) is 3.63. The minimum Gasteiger partial charge on any atom is -0.258 e. The van der Waals surface area contributed by atoms with Crippen LogP contribution in [0.3, 0.4) is 0 Å². The summed E-state index contributed by atoms with van der Waals surface area (Å²) in [5, 5.41) is 10.9. The summed E-state index contributed by atoms with van der Waals surface area (Å²) in [6.45, 7) is 1.46. The molecule has 8 heteroatoms. The van der Waals surface area contributed by atoms with Gasteiger partial charge in [-0.05, 0) is 13.0 Å². The molecule has 0 aliphatic rings. The first-order valence-corrected chi connectivity index (χ1v) is 5.52. The number of hydrogen-bond donors (Lipinski definition) is 0. The highest BCUT2D eigenvalue weighted by Gasteiger charge is 2.30. The molecule has 110 valence electrons. The first-order valence-electron chi connectivity index (χ1n) is 5.52. The Morgan fingerprint density at radius 3 is 1.86 bits per heavy atom. The molecule has 0 fully saturated rings. The van der Waals surface area contributed by atoms with Gasteiger partial charge in [-0.25, -0.2) is 22.0 Å². The molecule has 0 radical (unpaired) electrons. The van der Waals surface area contributed by atoms with Gasteiger partial charge in [0.15, 0.2) is 23.3 Å². The van der Waals surface area contributed by atoms with E-state index in [1.165, 1.54) is 13.0 Å². The van der Waals surface area contributed by atoms with Gasteiger partial charge >= 0.3 is 0 Å². The van der Waals surface area contributed by atoms with Crippen molar-refractivity contribution in [3.8, 4) is 11.1 Å². The number of halogens is 5. The van der Waals surface area contributed by atoms with E-state index in [2.05, 4.69) is 0 Å². The fourth-order valence-corrected chi connectivity index (χ4v) is 1.85. The number of rotatable bonds is 2. The first kappa shape index (κ1) is 14.9. The number of nitrogens with zero attached hydrogens (tertiary/aromatic N) is 1. The van der Waals surface area contributed by atoms with Gasteiger partial charge in [-0.15, -0.1) is 0 Å². The summed E-state index contributed by atoms with van der Waals surface area (Å²) in [5.41, 5.74) is -2.39. The Hall–Kier alpha value is -2.51. The van der Waals surface area contributed by atoms with E-state index in [4.69, 9.17) is 0 Å². The van der Waals surface area contributed by atoms with Crippen LogP contribution in [0.25, 0.3) is 11.1 Å². The van der Waals surface area contributed by atoms with E-state index in [9.17, 15) is 32.1 Å². The van der Waals surface area contributed by atoms with Gasteiger partial charge in [0.1, 0.15) is 0 Å². The second-order valence-electron chi connectivity index (χ2n) is 4.22. The van der Waals surface area contributed by atoms with Crippen LogP contribution in [0.1, 0.15) is 5.56 Å². The van der Waals surface area contributed by atoms with Crippen LogP contribution in [0.4, 0.5) is 27.6 Å². The quantitative estimate of drug-likeness (QED) is 0.273. The molecular weight excluding hydrogens is 297 g/mol. The van der Waals surface area contributed by atoms with Crippen LogP contribution >= 0.6 is 0 Å². The molecule has 0 N–H and O–H groups in total. The second-order valence-corrected chi connectivity index (χ2v) is 4.22. The standard InChI is InChI=1S/C13H6F5NO2/c1-5-2-3-7(19(20)21)6(4-5)8-9(14)11(16)13(18)12(17)10(8)15/h2-4H,1H3. The van der Waals surface area contributed by atoms with Gasteiger partial charge in [-0.3, -0.25) is 10.1 Å². The Balaban J connectivity index is 2.92. The van der Waals surface area contributed by atoms with E-state index in [-0.39, 0.29) is 0 Å². The van der Waals surface area contributed by atoms with Gasteiger partial charge in [0.2, 0.25) is 5.82 Å². The molecule has 2 rings (SSSR count). The van der Waals surface area contributed by atoms with Crippen LogP contribution in [0.15, 0.2) is 18.2 Å². The van der Waals surface area contributed by atoms with Crippen molar-refractivity contribution < 1.29 is 26.9 Å². The Bertz CT molecular complexity index is 732. The fourth-order valence-electron chi connectivity index (χ4n) is 1.85. The maximum Gasteiger partial charge on any atom is 0.277 e. The van der Waals surface area contributed by atoms with E-state index in [1.807, 2.05) is 0 Å². The Morgan fingerprint density at radius 2 is 1.38 bits per heavy atom. The maximum absolute atomic E-state index is 13.7. The van der Waals surface area contributed by atoms with Crippen LogP contribution in [-0.4, -0.2) is 4.92 Å². The summed E-state index contributed by atoms with van der Waals surface area (Å²) in [6.07, 6.45) is 0. The predicted octanol–water partition coefficient (Wildman–Crippen LogP) is 4.27. The molecule has 0 aromatic heterocycles. The van der Waals surface area contributed by atoms with Crippen molar-refractivity contribution in [1.82, 2.24) is 0 Å². The number of hydrogen-bond acceptors (Lipinski definition) is 2. The van der Waals surface area contributed by atoms with E-state index >= 15 is 0 Å². The molecule has 2 aromatic rings. The van der Waals surface area contributed by atoms with Gasteiger partial charge in [0.05, 0.1) is 16.1 Å². The number of benzene rings is 2. The average molecular weight is 303 g/mol. The molecule has 21 heavy (non-hydrogen) atoms. The summed E-state index contributed by atoms with van der Waals surface area (Å²) >= 11 is 0. The van der Waals surface area contributed by atoms with Crippen molar-refractivity contribution in [1.29, 1.82) is 0 Å². The van der Waals surface area contributed by atoms with Gasteiger partial charge in [-0.2, -0.15) is 0 Å². The maximum atomic E-state index is 13.7. The lowest BCUT2D eigenvalue weighted by molar-refractivity contribution is -0.384. The van der Waals surface area contributed by atoms with Crippen LogP contribution in [0.2, 0.25) is 0 Å². The highest BCUT2D eigenvalue weighted by molar-refractivity contribution is 5.75. The lowest BCUT2D eigenvalue weighted by Gasteiger charge is -2.09. The van der Waals surface area contributed by atoms with Crippen molar-refractivity contribution in [3.63, 3.8) is 0 Å². The molecule has 2 aromatic carbocycles. The summed E-state index contributed by atoms with van der Waals surface area (Å²) < 4.78 is 66.8. The van der Waals surface area contributed by atoms with E-state index in [0.717, 1.165) is 12.1 Å². The Morgan fingerprint density at radius 1 is 0.905 bits per heavy atom. The number of nitro groups is 1. The molecule has 0 atom stereocenters. The number of aryl methyl sites for hydroxylation is 1. The monoisotopic (exact) mass is 303 g/mol. The van der Waals surface area contributed by atoms with Crippen molar-refractivity contribution in [2.24, 2.45) is 0 Å². The summed E-state index contributed by atoms with van der Waals surface area (Å²) in [4.78, 5) is 9.90. The molecule has 0 amide bonds. The smallest absolute Gasteiger partial charge is 0.258 e. The van der Waals surface area contributed by atoms with Crippen molar-refractivity contribution >= 4 is 5.69 Å². The predicted molar refractivity (Wildman–Crippen MR) is 63.1 cm³/mol. The molecule has 0 bridgehead atoms. The Labute approximate surface area is 114 Å². The second kappa shape index (κ2) is 5.12. The molecule has 0 aliphatic carbocycles. The third kappa shape index (κ3) is 2.32. The zero-order valence-electron chi connectivity index (χ0n) is 10.4. The third-order valence-corrected chi connectivity index (χ3v) is 2.83. The highest BCUT2D eigenvalue weighted by atomic mass is 19.2. The molecule has 0 saturated heterocycles. The molecule has 0 spiro atoms. The van der Waals surface area contributed by atoms with Crippen LogP contribution in [0.5, 0.6) is 0 Å². The van der Waals surface area contributed by atoms with Gasteiger partial charge in [-0.1, -0.05) is 11.6 Å².